The van der Waals surface area contributed by atoms with Crippen LogP contribution in [0.5, 0.6) is 0 Å². The van der Waals surface area contributed by atoms with Gasteiger partial charge in [0.25, 0.3) is 0 Å². The van der Waals surface area contributed by atoms with Crippen molar-refractivity contribution in [2.45, 2.75) is 4.90 Å². The van der Waals surface area contributed by atoms with Crippen molar-refractivity contribution in [3.05, 3.63) is 28.2 Å². The van der Waals surface area contributed by atoms with E-state index in [0.717, 1.165) is 4.90 Å². The van der Waals surface area contributed by atoms with Gasteiger partial charge in [-0.25, -0.2) is 0 Å². The standard InChI is InChI=1S/C7H6Cl2OS/c1-10-11-7-4-5(8)2-3-6(7)9/h2-4H,1H3. The second-order valence-corrected chi connectivity index (χ2v) is 3.61. The van der Waals surface area contributed by atoms with E-state index >= 15 is 0 Å². The third-order valence-electron chi connectivity index (χ3n) is 1.07. The highest BCUT2D eigenvalue weighted by Crippen LogP contribution is 2.29. The molecule has 0 aliphatic rings. The lowest BCUT2D eigenvalue weighted by Crippen LogP contribution is -1.74. The normalized spacial score (nSPS) is 10.1. The van der Waals surface area contributed by atoms with E-state index in [-0.39, 0.29) is 0 Å². The quantitative estimate of drug-likeness (QED) is 0.687. The van der Waals surface area contributed by atoms with Crippen molar-refractivity contribution in [2.75, 3.05) is 7.11 Å². The Bertz CT molecular complexity index is 252. The van der Waals surface area contributed by atoms with Gasteiger partial charge in [-0.1, -0.05) is 23.2 Å². The zero-order chi connectivity index (χ0) is 8.27. The van der Waals surface area contributed by atoms with Crippen LogP contribution < -0.4 is 0 Å². The minimum absolute atomic E-state index is 0.654. The maximum absolute atomic E-state index is 5.82. The summed E-state index contributed by atoms with van der Waals surface area (Å²) >= 11 is 12.7. The van der Waals surface area contributed by atoms with Crippen LogP contribution in [-0.2, 0) is 4.18 Å². The van der Waals surface area contributed by atoms with Crippen molar-refractivity contribution in [1.82, 2.24) is 0 Å². The van der Waals surface area contributed by atoms with Gasteiger partial charge >= 0.3 is 0 Å². The summed E-state index contributed by atoms with van der Waals surface area (Å²) in [5.41, 5.74) is 0. The molecule has 1 aromatic carbocycles. The molecule has 0 N–H and O–H groups in total. The van der Waals surface area contributed by atoms with E-state index in [9.17, 15) is 0 Å². The monoisotopic (exact) mass is 208 g/mol. The molecule has 0 saturated carbocycles. The van der Waals surface area contributed by atoms with E-state index in [1.807, 2.05) is 0 Å². The molecule has 0 aliphatic heterocycles. The van der Waals surface area contributed by atoms with E-state index in [4.69, 9.17) is 27.4 Å². The summed E-state index contributed by atoms with van der Waals surface area (Å²) in [4.78, 5) is 0.835. The molecule has 0 atom stereocenters. The minimum Gasteiger partial charge on any atom is -0.314 e. The fourth-order valence-corrected chi connectivity index (χ4v) is 1.58. The van der Waals surface area contributed by atoms with Gasteiger partial charge in [-0.3, -0.25) is 0 Å². The molecule has 0 fully saturated rings. The fraction of sp³-hybridized carbons (Fsp3) is 0.143. The predicted molar refractivity (Wildman–Crippen MR) is 49.3 cm³/mol. The summed E-state index contributed by atoms with van der Waals surface area (Å²) in [6.07, 6.45) is 0. The lowest BCUT2D eigenvalue weighted by Gasteiger charge is -2.00. The van der Waals surface area contributed by atoms with E-state index < -0.39 is 0 Å². The molecule has 1 aromatic rings. The SMILES string of the molecule is COSc1cc(Cl)ccc1Cl. The van der Waals surface area contributed by atoms with Gasteiger partial charge in [0.05, 0.1) is 17.0 Å². The predicted octanol–water partition coefficient (Wildman–Crippen LogP) is 3.65. The molecule has 11 heavy (non-hydrogen) atoms. The second-order valence-electron chi connectivity index (χ2n) is 1.82. The Labute approximate surface area is 79.8 Å². The first-order valence-electron chi connectivity index (χ1n) is 2.90. The van der Waals surface area contributed by atoms with Crippen molar-refractivity contribution >= 4 is 35.2 Å². The highest BCUT2D eigenvalue weighted by molar-refractivity contribution is 7.94. The van der Waals surface area contributed by atoms with Gasteiger partial charge < -0.3 is 4.18 Å². The molecule has 0 bridgehead atoms. The molecule has 60 valence electrons. The second kappa shape index (κ2) is 4.21. The molecule has 1 rings (SSSR count). The van der Waals surface area contributed by atoms with Gasteiger partial charge in [0.15, 0.2) is 0 Å². The highest BCUT2D eigenvalue weighted by atomic mass is 35.5. The summed E-state index contributed by atoms with van der Waals surface area (Å²) in [5, 5.41) is 1.32. The Kier molecular flexibility index (Phi) is 3.52. The molecular weight excluding hydrogens is 203 g/mol. The van der Waals surface area contributed by atoms with Gasteiger partial charge in [0, 0.05) is 17.1 Å². The molecule has 0 radical (unpaired) electrons. The maximum atomic E-state index is 5.82. The molecule has 0 saturated heterocycles. The summed E-state index contributed by atoms with van der Waals surface area (Å²) in [5.74, 6) is 0. The molecule has 0 heterocycles. The van der Waals surface area contributed by atoms with Gasteiger partial charge in [-0.2, -0.15) is 0 Å². The molecule has 0 spiro atoms. The smallest absolute Gasteiger partial charge is 0.0566 e. The average molecular weight is 209 g/mol. The first-order valence-corrected chi connectivity index (χ1v) is 4.39. The average Bonchev–Trinajstić information content (AvgIpc) is 1.98. The molecule has 0 amide bonds. The topological polar surface area (TPSA) is 9.23 Å². The third-order valence-corrected chi connectivity index (χ3v) is 2.43. The van der Waals surface area contributed by atoms with Gasteiger partial charge in [-0.05, 0) is 18.2 Å². The molecule has 1 nitrogen and oxygen atoms in total. The van der Waals surface area contributed by atoms with Crippen LogP contribution >= 0.6 is 35.2 Å². The molecule has 0 aliphatic carbocycles. The van der Waals surface area contributed by atoms with E-state index in [2.05, 4.69) is 0 Å². The van der Waals surface area contributed by atoms with Crippen LogP contribution in [0.1, 0.15) is 0 Å². The Morgan fingerprint density at radius 2 is 2.09 bits per heavy atom. The molecule has 0 aromatic heterocycles. The number of benzene rings is 1. The van der Waals surface area contributed by atoms with Gasteiger partial charge in [-0.15, -0.1) is 0 Å². The van der Waals surface area contributed by atoms with Crippen molar-refractivity contribution in [2.24, 2.45) is 0 Å². The van der Waals surface area contributed by atoms with Crippen LogP contribution in [-0.4, -0.2) is 7.11 Å². The summed E-state index contributed by atoms with van der Waals surface area (Å²) in [7, 11) is 1.59. The van der Waals surface area contributed by atoms with Crippen LogP contribution in [0.3, 0.4) is 0 Å². The number of hydrogen-bond acceptors (Lipinski definition) is 2. The Hall–Kier alpha value is 0.110. The lowest BCUT2D eigenvalue weighted by molar-refractivity contribution is 0.490. The Balaban J connectivity index is 2.93. The summed E-state index contributed by atoms with van der Waals surface area (Å²) in [6.45, 7) is 0. The molecular formula is C7H6Cl2OS. The molecule has 4 heteroatoms. The van der Waals surface area contributed by atoms with Crippen LogP contribution in [0.15, 0.2) is 23.1 Å². The Morgan fingerprint density at radius 3 is 2.73 bits per heavy atom. The number of rotatable bonds is 2. The number of halogens is 2. The first-order chi connectivity index (χ1) is 5.24. The van der Waals surface area contributed by atoms with Crippen molar-refractivity contribution in [1.29, 1.82) is 0 Å². The highest BCUT2D eigenvalue weighted by Gasteiger charge is 2.00. The van der Waals surface area contributed by atoms with Crippen molar-refractivity contribution in [3.8, 4) is 0 Å². The van der Waals surface area contributed by atoms with E-state index in [1.165, 1.54) is 12.0 Å². The largest absolute Gasteiger partial charge is 0.314 e. The fourth-order valence-electron chi connectivity index (χ4n) is 0.631. The first kappa shape index (κ1) is 9.20. The van der Waals surface area contributed by atoms with Gasteiger partial charge in [0.2, 0.25) is 0 Å². The minimum atomic E-state index is 0.654. The van der Waals surface area contributed by atoms with Crippen LogP contribution in [0, 0.1) is 0 Å². The maximum Gasteiger partial charge on any atom is 0.0566 e. The number of hydrogen-bond donors (Lipinski definition) is 0. The van der Waals surface area contributed by atoms with E-state index in [1.54, 1.807) is 25.3 Å². The third kappa shape index (κ3) is 2.56. The van der Waals surface area contributed by atoms with Crippen LogP contribution in [0.2, 0.25) is 10.0 Å². The van der Waals surface area contributed by atoms with Crippen molar-refractivity contribution in [3.63, 3.8) is 0 Å². The Morgan fingerprint density at radius 1 is 1.36 bits per heavy atom. The van der Waals surface area contributed by atoms with Crippen LogP contribution in [0.25, 0.3) is 0 Å². The summed E-state index contributed by atoms with van der Waals surface area (Å²) < 4.78 is 4.84. The van der Waals surface area contributed by atoms with Crippen LogP contribution in [0.4, 0.5) is 0 Å². The van der Waals surface area contributed by atoms with Crippen molar-refractivity contribution < 1.29 is 4.18 Å². The zero-order valence-electron chi connectivity index (χ0n) is 5.80. The zero-order valence-corrected chi connectivity index (χ0v) is 8.13. The van der Waals surface area contributed by atoms with Gasteiger partial charge in [0.1, 0.15) is 0 Å². The van der Waals surface area contributed by atoms with E-state index in [0.29, 0.717) is 10.0 Å². The summed E-state index contributed by atoms with van der Waals surface area (Å²) in [6, 6.07) is 5.24. The molecule has 0 unspecified atom stereocenters. The lowest BCUT2D eigenvalue weighted by atomic mass is 10.4.